The molecule has 0 saturated heterocycles. The summed E-state index contributed by atoms with van der Waals surface area (Å²) in [6.45, 7) is 4.05. The summed E-state index contributed by atoms with van der Waals surface area (Å²) in [4.78, 5) is 0. The van der Waals surface area contributed by atoms with Crippen LogP contribution in [0.3, 0.4) is 0 Å². The van der Waals surface area contributed by atoms with Gasteiger partial charge in [-0.05, 0) is 59.5 Å². The first kappa shape index (κ1) is 15.8. The summed E-state index contributed by atoms with van der Waals surface area (Å²) < 4.78 is 28.7. The predicted octanol–water partition coefficient (Wildman–Crippen LogP) is 3.77. The number of thioether (sulfide) groups is 1. The van der Waals surface area contributed by atoms with Crippen LogP contribution in [0.15, 0.2) is 14.1 Å². The maximum Gasteiger partial charge on any atom is 0.250 e. The summed E-state index contributed by atoms with van der Waals surface area (Å²) >= 11 is 6.58. The molecule has 0 aromatic carbocycles. The van der Waals surface area contributed by atoms with Crippen LogP contribution in [0.2, 0.25) is 0 Å². The zero-order valence-corrected chi connectivity index (χ0v) is 15.0. The molecule has 0 aliphatic heterocycles. The molecule has 3 nitrogen and oxygen atoms in total. The van der Waals surface area contributed by atoms with Gasteiger partial charge in [0, 0.05) is 11.3 Å². The maximum atomic E-state index is 12.3. The van der Waals surface area contributed by atoms with E-state index in [1.807, 2.05) is 18.7 Å². The van der Waals surface area contributed by atoms with Crippen molar-refractivity contribution in [2.24, 2.45) is 0 Å². The van der Waals surface area contributed by atoms with Crippen LogP contribution in [0.1, 0.15) is 31.7 Å². The van der Waals surface area contributed by atoms with E-state index in [4.69, 9.17) is 0 Å². The Labute approximate surface area is 131 Å². The minimum atomic E-state index is -3.35. The summed E-state index contributed by atoms with van der Waals surface area (Å²) in [6.07, 6.45) is 3.00. The highest BCUT2D eigenvalue weighted by Crippen LogP contribution is 2.33. The lowest BCUT2D eigenvalue weighted by atomic mass is 10.3. The molecule has 1 saturated carbocycles. The van der Waals surface area contributed by atoms with Crippen LogP contribution in [-0.2, 0) is 10.0 Å². The summed E-state index contributed by atoms with van der Waals surface area (Å²) in [5.74, 6) is 1.10. The van der Waals surface area contributed by atoms with Gasteiger partial charge in [-0.25, -0.2) is 13.1 Å². The van der Waals surface area contributed by atoms with E-state index in [1.54, 1.807) is 6.07 Å². The van der Waals surface area contributed by atoms with Crippen molar-refractivity contribution in [1.82, 2.24) is 4.72 Å². The average Bonchev–Trinajstić information content (AvgIpc) is 2.88. The van der Waals surface area contributed by atoms with E-state index in [1.165, 1.54) is 11.3 Å². The van der Waals surface area contributed by atoms with Crippen molar-refractivity contribution >= 4 is 49.1 Å². The number of thiophene rings is 1. The van der Waals surface area contributed by atoms with Crippen molar-refractivity contribution in [2.45, 2.75) is 48.6 Å². The third-order valence-electron chi connectivity index (χ3n) is 3.21. The summed E-state index contributed by atoms with van der Waals surface area (Å²) in [5.41, 5.74) is 0.969. The van der Waals surface area contributed by atoms with E-state index >= 15 is 0 Å². The fourth-order valence-electron chi connectivity index (χ4n) is 2.28. The Hall–Kier alpha value is 0.440. The molecule has 1 aromatic rings. The van der Waals surface area contributed by atoms with Gasteiger partial charge in [-0.3, -0.25) is 0 Å². The molecule has 1 aromatic heterocycles. The second-order valence-electron chi connectivity index (χ2n) is 4.73. The molecule has 0 radical (unpaired) electrons. The van der Waals surface area contributed by atoms with Crippen LogP contribution in [0.5, 0.6) is 0 Å². The second kappa shape index (κ2) is 6.47. The highest BCUT2D eigenvalue weighted by atomic mass is 79.9. The lowest BCUT2D eigenvalue weighted by molar-refractivity contribution is 0.554. The van der Waals surface area contributed by atoms with E-state index in [9.17, 15) is 8.42 Å². The Kier molecular flexibility index (Phi) is 5.39. The molecular formula is C12H18BrNO2S3. The van der Waals surface area contributed by atoms with Crippen molar-refractivity contribution in [3.8, 4) is 0 Å². The smallest absolute Gasteiger partial charge is 0.207 e. The molecule has 108 valence electrons. The number of nitrogens with one attached hydrogen (secondary N) is 1. The minimum Gasteiger partial charge on any atom is -0.207 e. The Morgan fingerprint density at radius 3 is 2.84 bits per heavy atom. The summed E-state index contributed by atoms with van der Waals surface area (Å²) in [5, 5.41) is 0.606. The van der Waals surface area contributed by atoms with Gasteiger partial charge in [0.2, 0.25) is 10.0 Å². The lowest BCUT2D eigenvalue weighted by Crippen LogP contribution is -2.32. The topological polar surface area (TPSA) is 46.2 Å². The van der Waals surface area contributed by atoms with Crippen LogP contribution < -0.4 is 4.72 Å². The van der Waals surface area contributed by atoms with E-state index < -0.39 is 10.0 Å². The van der Waals surface area contributed by atoms with Gasteiger partial charge in [0.05, 0.1) is 3.79 Å². The number of rotatable bonds is 5. The molecule has 2 atom stereocenters. The molecule has 0 bridgehead atoms. The first-order valence-electron chi connectivity index (χ1n) is 6.32. The molecule has 19 heavy (non-hydrogen) atoms. The normalized spacial score (nSPS) is 23.9. The molecule has 1 heterocycles. The van der Waals surface area contributed by atoms with Gasteiger partial charge in [-0.2, -0.15) is 11.8 Å². The zero-order chi connectivity index (χ0) is 14.0. The average molecular weight is 384 g/mol. The molecule has 7 heteroatoms. The van der Waals surface area contributed by atoms with Gasteiger partial charge < -0.3 is 0 Å². The molecule has 0 spiro atoms. The molecule has 1 aliphatic carbocycles. The Morgan fingerprint density at radius 1 is 1.53 bits per heavy atom. The molecule has 0 amide bonds. The van der Waals surface area contributed by atoms with Crippen molar-refractivity contribution in [2.75, 3.05) is 5.75 Å². The SMILES string of the molecule is CCSC1CCC(NS(=O)(=O)c2cc(C)c(Br)s2)C1. The fraction of sp³-hybridized carbons (Fsp3) is 0.667. The number of hydrogen-bond donors (Lipinski definition) is 1. The largest absolute Gasteiger partial charge is 0.250 e. The molecule has 1 N–H and O–H groups in total. The third kappa shape index (κ3) is 3.97. The summed E-state index contributed by atoms with van der Waals surface area (Å²) in [7, 11) is -3.35. The molecule has 2 unspecified atom stereocenters. The quantitative estimate of drug-likeness (QED) is 0.841. The van der Waals surface area contributed by atoms with Gasteiger partial charge in [0.1, 0.15) is 4.21 Å². The third-order valence-corrected chi connectivity index (χ3v) is 8.57. The Bertz CT molecular complexity index is 522. The molecule has 1 aliphatic rings. The van der Waals surface area contributed by atoms with Crippen LogP contribution in [0.25, 0.3) is 0 Å². The van der Waals surface area contributed by atoms with Crippen molar-refractivity contribution < 1.29 is 8.42 Å². The highest BCUT2D eigenvalue weighted by Gasteiger charge is 2.29. The summed E-state index contributed by atoms with van der Waals surface area (Å²) in [6, 6.07) is 1.82. The zero-order valence-electron chi connectivity index (χ0n) is 11.0. The minimum absolute atomic E-state index is 0.0928. The fourth-order valence-corrected chi connectivity index (χ4v) is 6.94. The highest BCUT2D eigenvalue weighted by molar-refractivity contribution is 9.11. The van der Waals surface area contributed by atoms with Gasteiger partial charge in [-0.15, -0.1) is 11.3 Å². The van der Waals surface area contributed by atoms with Crippen LogP contribution in [-0.4, -0.2) is 25.5 Å². The number of hydrogen-bond acceptors (Lipinski definition) is 4. The monoisotopic (exact) mass is 383 g/mol. The number of sulfonamides is 1. The van der Waals surface area contributed by atoms with Crippen LogP contribution in [0.4, 0.5) is 0 Å². The van der Waals surface area contributed by atoms with Crippen molar-refractivity contribution in [3.63, 3.8) is 0 Å². The number of aryl methyl sites for hydroxylation is 1. The Morgan fingerprint density at radius 2 is 2.26 bits per heavy atom. The lowest BCUT2D eigenvalue weighted by Gasteiger charge is -2.12. The van der Waals surface area contributed by atoms with Gasteiger partial charge in [0.25, 0.3) is 0 Å². The molecule has 2 rings (SSSR count). The first-order valence-corrected chi connectivity index (χ1v) is 10.5. The standard InChI is InChI=1S/C12H18BrNO2S3/c1-3-17-10-5-4-9(7-10)14-19(15,16)11-6-8(2)12(13)18-11/h6,9-10,14H,3-5,7H2,1-2H3. The number of halogens is 1. The van der Waals surface area contributed by atoms with E-state index in [0.717, 1.165) is 34.4 Å². The second-order valence-corrected chi connectivity index (χ2v) is 10.6. The molecular weight excluding hydrogens is 366 g/mol. The predicted molar refractivity (Wildman–Crippen MR) is 86.6 cm³/mol. The maximum absolute atomic E-state index is 12.3. The van der Waals surface area contributed by atoms with E-state index in [-0.39, 0.29) is 6.04 Å². The Balaban J connectivity index is 2.02. The van der Waals surface area contributed by atoms with Gasteiger partial charge in [0.15, 0.2) is 0 Å². The first-order chi connectivity index (χ1) is 8.92. The van der Waals surface area contributed by atoms with Crippen LogP contribution in [0, 0.1) is 6.92 Å². The van der Waals surface area contributed by atoms with E-state index in [2.05, 4.69) is 27.6 Å². The van der Waals surface area contributed by atoms with Crippen molar-refractivity contribution in [1.29, 1.82) is 0 Å². The molecule has 1 fully saturated rings. The van der Waals surface area contributed by atoms with Crippen molar-refractivity contribution in [3.05, 3.63) is 15.4 Å². The van der Waals surface area contributed by atoms with Gasteiger partial charge >= 0.3 is 0 Å². The van der Waals surface area contributed by atoms with E-state index in [0.29, 0.717) is 9.46 Å². The van der Waals surface area contributed by atoms with Gasteiger partial charge in [-0.1, -0.05) is 6.92 Å². The van der Waals surface area contributed by atoms with Crippen LogP contribution >= 0.6 is 39.0 Å².